The molecule has 4 nitrogen and oxygen atoms in total. The minimum Gasteiger partial charge on any atom is -0.396 e. The third-order valence-corrected chi connectivity index (χ3v) is 4.10. The van der Waals surface area contributed by atoms with Gasteiger partial charge in [-0.2, -0.15) is 0 Å². The van der Waals surface area contributed by atoms with Crippen molar-refractivity contribution in [2.75, 3.05) is 19.7 Å². The SMILES string of the molecule is CCC(C)(CN)C(=O)N1CCCCC1CCO. The number of likely N-dealkylation sites (tertiary alicyclic amines) is 1. The Morgan fingerprint density at radius 1 is 1.53 bits per heavy atom. The molecule has 1 aliphatic rings. The Kier molecular flexibility index (Phi) is 5.40. The number of aliphatic hydroxyl groups excluding tert-OH is 1. The van der Waals surface area contributed by atoms with Gasteiger partial charge in [-0.05, 0) is 39.0 Å². The van der Waals surface area contributed by atoms with Crippen molar-refractivity contribution in [3.63, 3.8) is 0 Å². The maximum Gasteiger partial charge on any atom is 0.230 e. The zero-order valence-corrected chi connectivity index (χ0v) is 11.1. The second kappa shape index (κ2) is 6.36. The van der Waals surface area contributed by atoms with Crippen LogP contribution < -0.4 is 5.73 Å². The molecule has 100 valence electrons. The summed E-state index contributed by atoms with van der Waals surface area (Å²) >= 11 is 0. The van der Waals surface area contributed by atoms with Gasteiger partial charge in [0.25, 0.3) is 0 Å². The molecule has 0 aliphatic carbocycles. The number of nitrogens with zero attached hydrogens (tertiary/aromatic N) is 1. The zero-order valence-electron chi connectivity index (χ0n) is 11.1. The summed E-state index contributed by atoms with van der Waals surface area (Å²) < 4.78 is 0. The summed E-state index contributed by atoms with van der Waals surface area (Å²) in [6.07, 6.45) is 4.69. The molecule has 1 heterocycles. The summed E-state index contributed by atoms with van der Waals surface area (Å²) in [6.45, 7) is 5.32. The monoisotopic (exact) mass is 242 g/mol. The normalized spacial score (nSPS) is 24.5. The molecule has 1 saturated heterocycles. The third-order valence-electron chi connectivity index (χ3n) is 4.10. The molecule has 1 amide bonds. The standard InChI is InChI=1S/C13H26N2O2/c1-3-13(2,10-14)12(17)15-8-5-4-6-11(15)7-9-16/h11,16H,3-10,14H2,1-2H3. The molecule has 0 radical (unpaired) electrons. The Labute approximate surface area is 104 Å². The van der Waals surface area contributed by atoms with Crippen molar-refractivity contribution in [2.24, 2.45) is 11.1 Å². The fraction of sp³-hybridized carbons (Fsp3) is 0.923. The van der Waals surface area contributed by atoms with E-state index in [2.05, 4.69) is 0 Å². The molecule has 1 rings (SSSR count). The topological polar surface area (TPSA) is 66.6 Å². The largest absolute Gasteiger partial charge is 0.396 e. The number of aliphatic hydroxyl groups is 1. The van der Waals surface area contributed by atoms with Gasteiger partial charge in [-0.3, -0.25) is 4.79 Å². The van der Waals surface area contributed by atoms with Gasteiger partial charge in [0.1, 0.15) is 0 Å². The Morgan fingerprint density at radius 2 is 2.24 bits per heavy atom. The fourth-order valence-corrected chi connectivity index (χ4v) is 2.45. The molecule has 3 N–H and O–H groups in total. The number of piperidine rings is 1. The van der Waals surface area contributed by atoms with Gasteiger partial charge in [0.05, 0.1) is 5.41 Å². The number of hydrogen-bond acceptors (Lipinski definition) is 3. The van der Waals surface area contributed by atoms with Crippen molar-refractivity contribution in [2.45, 2.75) is 52.0 Å². The van der Waals surface area contributed by atoms with Crippen LogP contribution in [0, 0.1) is 5.41 Å². The van der Waals surface area contributed by atoms with Crippen molar-refractivity contribution in [1.82, 2.24) is 4.90 Å². The van der Waals surface area contributed by atoms with Crippen LogP contribution >= 0.6 is 0 Å². The van der Waals surface area contributed by atoms with E-state index in [4.69, 9.17) is 10.8 Å². The van der Waals surface area contributed by atoms with E-state index >= 15 is 0 Å². The number of carbonyl (C=O) groups excluding carboxylic acids is 1. The second-order valence-electron chi connectivity index (χ2n) is 5.28. The Morgan fingerprint density at radius 3 is 2.76 bits per heavy atom. The highest BCUT2D eigenvalue weighted by atomic mass is 16.3. The molecule has 0 spiro atoms. The number of nitrogens with two attached hydrogens (primary N) is 1. The van der Waals surface area contributed by atoms with Gasteiger partial charge >= 0.3 is 0 Å². The van der Waals surface area contributed by atoms with Gasteiger partial charge in [-0.25, -0.2) is 0 Å². The van der Waals surface area contributed by atoms with Crippen molar-refractivity contribution < 1.29 is 9.90 Å². The van der Waals surface area contributed by atoms with E-state index in [9.17, 15) is 4.79 Å². The van der Waals surface area contributed by atoms with Crippen LogP contribution in [0.5, 0.6) is 0 Å². The lowest BCUT2D eigenvalue weighted by molar-refractivity contribution is -0.145. The Bertz CT molecular complexity index is 250. The number of hydrogen-bond donors (Lipinski definition) is 2. The van der Waals surface area contributed by atoms with Crippen molar-refractivity contribution in [3.05, 3.63) is 0 Å². The highest BCUT2D eigenvalue weighted by Gasteiger charge is 2.37. The van der Waals surface area contributed by atoms with Crippen LogP contribution in [0.3, 0.4) is 0 Å². The molecule has 0 aromatic heterocycles. The van der Waals surface area contributed by atoms with Crippen LogP contribution in [-0.2, 0) is 4.79 Å². The van der Waals surface area contributed by atoms with Crippen LogP contribution in [0.1, 0.15) is 46.0 Å². The van der Waals surface area contributed by atoms with Crippen LogP contribution in [0.15, 0.2) is 0 Å². The van der Waals surface area contributed by atoms with Gasteiger partial charge in [0.15, 0.2) is 0 Å². The van der Waals surface area contributed by atoms with Gasteiger partial charge in [0, 0.05) is 25.7 Å². The third kappa shape index (κ3) is 3.19. The first-order valence-electron chi connectivity index (χ1n) is 6.71. The van der Waals surface area contributed by atoms with Crippen LogP contribution in [0.25, 0.3) is 0 Å². The molecule has 0 aromatic rings. The molecular formula is C13H26N2O2. The van der Waals surface area contributed by atoms with E-state index in [1.807, 2.05) is 18.7 Å². The molecule has 2 unspecified atom stereocenters. The van der Waals surface area contributed by atoms with Gasteiger partial charge in [0.2, 0.25) is 5.91 Å². The van der Waals surface area contributed by atoms with Crippen LogP contribution in [-0.4, -0.2) is 41.7 Å². The molecule has 0 saturated carbocycles. The van der Waals surface area contributed by atoms with Crippen molar-refractivity contribution in [3.8, 4) is 0 Å². The first-order valence-corrected chi connectivity index (χ1v) is 6.71. The van der Waals surface area contributed by atoms with Gasteiger partial charge in [-0.1, -0.05) is 6.92 Å². The van der Waals surface area contributed by atoms with Crippen LogP contribution in [0.2, 0.25) is 0 Å². The first-order chi connectivity index (χ1) is 8.09. The summed E-state index contributed by atoms with van der Waals surface area (Å²) in [5.41, 5.74) is 5.31. The molecule has 2 atom stereocenters. The highest BCUT2D eigenvalue weighted by Crippen LogP contribution is 2.28. The van der Waals surface area contributed by atoms with E-state index in [-0.39, 0.29) is 18.6 Å². The average Bonchev–Trinajstić information content (AvgIpc) is 2.38. The Hall–Kier alpha value is -0.610. The summed E-state index contributed by atoms with van der Waals surface area (Å²) in [7, 11) is 0. The average molecular weight is 242 g/mol. The second-order valence-corrected chi connectivity index (χ2v) is 5.28. The molecular weight excluding hydrogens is 216 g/mol. The van der Waals surface area contributed by atoms with E-state index in [0.717, 1.165) is 32.2 Å². The quantitative estimate of drug-likeness (QED) is 0.759. The zero-order chi connectivity index (χ0) is 12.9. The summed E-state index contributed by atoms with van der Waals surface area (Å²) in [5.74, 6) is 0.167. The molecule has 4 heteroatoms. The Balaban J connectivity index is 2.76. The minimum absolute atomic E-state index is 0.153. The van der Waals surface area contributed by atoms with Gasteiger partial charge < -0.3 is 15.7 Å². The fourth-order valence-electron chi connectivity index (χ4n) is 2.45. The summed E-state index contributed by atoms with van der Waals surface area (Å²) in [5, 5.41) is 9.07. The van der Waals surface area contributed by atoms with E-state index in [0.29, 0.717) is 13.0 Å². The minimum atomic E-state index is -0.439. The van der Waals surface area contributed by atoms with Crippen LogP contribution in [0.4, 0.5) is 0 Å². The number of amides is 1. The lowest BCUT2D eigenvalue weighted by Crippen LogP contribution is -2.52. The lowest BCUT2D eigenvalue weighted by Gasteiger charge is -2.40. The number of rotatable bonds is 5. The van der Waals surface area contributed by atoms with E-state index in [1.165, 1.54) is 0 Å². The van der Waals surface area contributed by atoms with Crippen molar-refractivity contribution in [1.29, 1.82) is 0 Å². The molecule has 0 bridgehead atoms. The summed E-state index contributed by atoms with van der Waals surface area (Å²) in [4.78, 5) is 14.5. The molecule has 17 heavy (non-hydrogen) atoms. The summed E-state index contributed by atoms with van der Waals surface area (Å²) in [6, 6.07) is 0.207. The lowest BCUT2D eigenvalue weighted by atomic mass is 9.84. The first kappa shape index (κ1) is 14.5. The van der Waals surface area contributed by atoms with E-state index < -0.39 is 5.41 Å². The number of carbonyl (C=O) groups is 1. The maximum atomic E-state index is 12.5. The molecule has 1 fully saturated rings. The van der Waals surface area contributed by atoms with Crippen molar-refractivity contribution >= 4 is 5.91 Å². The highest BCUT2D eigenvalue weighted by molar-refractivity contribution is 5.83. The predicted molar refractivity (Wildman–Crippen MR) is 68.5 cm³/mol. The van der Waals surface area contributed by atoms with Gasteiger partial charge in [-0.15, -0.1) is 0 Å². The molecule has 1 aliphatic heterocycles. The molecule has 0 aromatic carbocycles. The predicted octanol–water partition coefficient (Wildman–Crippen LogP) is 1.12. The smallest absolute Gasteiger partial charge is 0.230 e. The van der Waals surface area contributed by atoms with E-state index in [1.54, 1.807) is 0 Å². The maximum absolute atomic E-state index is 12.5.